The molecule has 0 unspecified atom stereocenters. The Bertz CT molecular complexity index is 577. The second kappa shape index (κ2) is 8.86. The van der Waals surface area contributed by atoms with Gasteiger partial charge in [0.1, 0.15) is 0 Å². The van der Waals surface area contributed by atoms with Gasteiger partial charge in [-0.15, -0.1) is 0 Å². The van der Waals surface area contributed by atoms with Crippen molar-refractivity contribution in [3.05, 3.63) is 58.7 Å². The standard InChI is InChI=1S/C22H32O/c1-7-20(23)16-18(3)11-8-10-17(2)13-14-21-19(4)12-9-15-22(21,5)6/h8,10-11,13-14,16H,7,9,12,15H2,1-6H3/b11-8+,14-13+,17-10+,18-16+. The SMILES string of the molecule is CCC(=O)/C=C(C)/C=C/C=C(C)/C=C/C1=C(C)CCCC1(C)C. The van der Waals surface area contributed by atoms with Gasteiger partial charge >= 0.3 is 0 Å². The summed E-state index contributed by atoms with van der Waals surface area (Å²) in [6, 6.07) is 0. The highest BCUT2D eigenvalue weighted by molar-refractivity contribution is 5.90. The molecule has 0 fully saturated rings. The Morgan fingerprint density at radius 2 is 1.87 bits per heavy atom. The fourth-order valence-electron chi connectivity index (χ4n) is 3.04. The summed E-state index contributed by atoms with van der Waals surface area (Å²) in [7, 11) is 0. The van der Waals surface area contributed by atoms with Gasteiger partial charge in [0, 0.05) is 6.42 Å². The molecular weight excluding hydrogens is 280 g/mol. The van der Waals surface area contributed by atoms with E-state index >= 15 is 0 Å². The normalized spacial score (nSPS) is 19.9. The minimum Gasteiger partial charge on any atom is -0.295 e. The molecular formula is C22H32O. The molecule has 0 spiro atoms. The van der Waals surface area contributed by atoms with Crippen molar-refractivity contribution in [3.63, 3.8) is 0 Å². The van der Waals surface area contributed by atoms with Crippen molar-refractivity contribution < 1.29 is 4.79 Å². The van der Waals surface area contributed by atoms with E-state index in [1.165, 1.54) is 36.0 Å². The quantitative estimate of drug-likeness (QED) is 0.404. The maximum Gasteiger partial charge on any atom is 0.155 e. The van der Waals surface area contributed by atoms with E-state index < -0.39 is 0 Å². The minimum atomic E-state index is 0.176. The molecule has 1 nitrogen and oxygen atoms in total. The number of hydrogen-bond donors (Lipinski definition) is 0. The first-order valence-corrected chi connectivity index (χ1v) is 8.70. The van der Waals surface area contributed by atoms with Gasteiger partial charge in [-0.3, -0.25) is 4.79 Å². The molecule has 0 bridgehead atoms. The van der Waals surface area contributed by atoms with Crippen molar-refractivity contribution in [1.82, 2.24) is 0 Å². The van der Waals surface area contributed by atoms with Gasteiger partial charge in [-0.25, -0.2) is 0 Å². The predicted octanol–water partition coefficient (Wildman–Crippen LogP) is 6.50. The lowest BCUT2D eigenvalue weighted by molar-refractivity contribution is -0.114. The molecule has 0 heterocycles. The molecule has 126 valence electrons. The largest absolute Gasteiger partial charge is 0.295 e. The van der Waals surface area contributed by atoms with E-state index in [-0.39, 0.29) is 11.2 Å². The van der Waals surface area contributed by atoms with Gasteiger partial charge in [-0.05, 0) is 62.7 Å². The van der Waals surface area contributed by atoms with Crippen LogP contribution in [0.25, 0.3) is 0 Å². The van der Waals surface area contributed by atoms with Crippen LogP contribution in [0.3, 0.4) is 0 Å². The predicted molar refractivity (Wildman–Crippen MR) is 101 cm³/mol. The van der Waals surface area contributed by atoms with E-state index in [9.17, 15) is 4.79 Å². The van der Waals surface area contributed by atoms with Crippen molar-refractivity contribution in [2.24, 2.45) is 5.41 Å². The molecule has 0 aromatic heterocycles. The fourth-order valence-corrected chi connectivity index (χ4v) is 3.04. The van der Waals surface area contributed by atoms with Crippen molar-refractivity contribution in [3.8, 4) is 0 Å². The van der Waals surface area contributed by atoms with Crippen LogP contribution in [0.2, 0.25) is 0 Å². The highest BCUT2D eigenvalue weighted by atomic mass is 16.1. The van der Waals surface area contributed by atoms with E-state index in [1.54, 1.807) is 6.08 Å². The second-order valence-electron chi connectivity index (χ2n) is 7.24. The zero-order valence-corrected chi connectivity index (χ0v) is 15.7. The molecule has 0 N–H and O–H groups in total. The van der Waals surface area contributed by atoms with Gasteiger partial charge in [0.05, 0.1) is 0 Å². The first-order valence-electron chi connectivity index (χ1n) is 8.70. The first-order chi connectivity index (χ1) is 10.8. The molecule has 0 aliphatic heterocycles. The molecule has 0 saturated carbocycles. The molecule has 1 aliphatic carbocycles. The number of carbonyl (C=O) groups is 1. The summed E-state index contributed by atoms with van der Waals surface area (Å²) in [4.78, 5) is 11.3. The Balaban J connectivity index is 2.77. The Kier molecular flexibility index (Phi) is 7.48. The Labute approximate surface area is 142 Å². The van der Waals surface area contributed by atoms with E-state index in [0.29, 0.717) is 6.42 Å². The Hall–Kier alpha value is -1.63. The second-order valence-corrected chi connectivity index (χ2v) is 7.24. The minimum absolute atomic E-state index is 0.176. The fraction of sp³-hybridized carbons (Fsp3) is 0.500. The molecule has 1 heteroatoms. The van der Waals surface area contributed by atoms with Gasteiger partial charge in [0.2, 0.25) is 0 Å². The number of carbonyl (C=O) groups excluding carboxylic acids is 1. The van der Waals surface area contributed by atoms with Crippen LogP contribution in [-0.4, -0.2) is 5.78 Å². The summed E-state index contributed by atoms with van der Waals surface area (Å²) in [5, 5.41) is 0. The average Bonchev–Trinajstić information content (AvgIpc) is 2.45. The highest BCUT2D eigenvalue weighted by Gasteiger charge is 2.26. The van der Waals surface area contributed by atoms with Crippen LogP contribution < -0.4 is 0 Å². The molecule has 0 atom stereocenters. The summed E-state index contributed by atoms with van der Waals surface area (Å²) in [5.74, 6) is 0.176. The molecule has 0 amide bonds. The Morgan fingerprint density at radius 3 is 2.48 bits per heavy atom. The van der Waals surface area contributed by atoms with Gasteiger partial charge in [0.15, 0.2) is 5.78 Å². The van der Waals surface area contributed by atoms with E-state index in [4.69, 9.17) is 0 Å². The highest BCUT2D eigenvalue weighted by Crippen LogP contribution is 2.40. The lowest BCUT2D eigenvalue weighted by Crippen LogP contribution is -2.19. The maximum atomic E-state index is 11.3. The summed E-state index contributed by atoms with van der Waals surface area (Å²) < 4.78 is 0. The van der Waals surface area contributed by atoms with Gasteiger partial charge in [0.25, 0.3) is 0 Å². The molecule has 0 aromatic carbocycles. The van der Waals surface area contributed by atoms with Gasteiger partial charge in [-0.1, -0.05) is 62.3 Å². The van der Waals surface area contributed by atoms with Crippen LogP contribution in [-0.2, 0) is 4.79 Å². The lowest BCUT2D eigenvalue weighted by Gasteiger charge is -2.32. The summed E-state index contributed by atoms with van der Waals surface area (Å²) in [5.41, 5.74) is 5.52. The third kappa shape index (κ3) is 6.56. The monoisotopic (exact) mass is 312 g/mol. The smallest absolute Gasteiger partial charge is 0.155 e. The third-order valence-electron chi connectivity index (χ3n) is 4.51. The zero-order valence-electron chi connectivity index (χ0n) is 15.7. The number of ketones is 1. The van der Waals surface area contributed by atoms with Crippen LogP contribution in [0.4, 0.5) is 0 Å². The zero-order chi connectivity index (χ0) is 17.5. The van der Waals surface area contributed by atoms with Crippen molar-refractivity contribution in [2.75, 3.05) is 0 Å². The molecule has 0 aromatic rings. The van der Waals surface area contributed by atoms with E-state index in [1.807, 2.05) is 26.0 Å². The van der Waals surface area contributed by atoms with Crippen molar-refractivity contribution >= 4 is 5.78 Å². The molecule has 23 heavy (non-hydrogen) atoms. The molecule has 0 radical (unpaired) electrons. The van der Waals surface area contributed by atoms with Crippen LogP contribution in [0, 0.1) is 5.41 Å². The topological polar surface area (TPSA) is 17.1 Å². The van der Waals surface area contributed by atoms with Gasteiger partial charge < -0.3 is 0 Å². The number of hydrogen-bond acceptors (Lipinski definition) is 1. The first kappa shape index (κ1) is 19.4. The van der Waals surface area contributed by atoms with Crippen LogP contribution >= 0.6 is 0 Å². The number of allylic oxidation sites excluding steroid dienone is 10. The average molecular weight is 312 g/mol. The third-order valence-corrected chi connectivity index (χ3v) is 4.51. The van der Waals surface area contributed by atoms with Crippen LogP contribution in [0.5, 0.6) is 0 Å². The Morgan fingerprint density at radius 1 is 1.17 bits per heavy atom. The van der Waals surface area contributed by atoms with E-state index in [2.05, 4.69) is 45.9 Å². The van der Waals surface area contributed by atoms with Crippen molar-refractivity contribution in [2.45, 2.75) is 67.2 Å². The molecule has 1 rings (SSSR count). The van der Waals surface area contributed by atoms with Crippen molar-refractivity contribution in [1.29, 1.82) is 0 Å². The van der Waals surface area contributed by atoms with Crippen LogP contribution in [0.15, 0.2) is 58.7 Å². The molecule has 1 aliphatic rings. The summed E-state index contributed by atoms with van der Waals surface area (Å²) in [6.07, 6.45) is 16.6. The van der Waals surface area contributed by atoms with E-state index in [0.717, 1.165) is 5.57 Å². The number of rotatable bonds is 6. The maximum absolute atomic E-state index is 11.3. The van der Waals surface area contributed by atoms with Crippen LogP contribution in [0.1, 0.15) is 67.2 Å². The molecule has 0 saturated heterocycles. The van der Waals surface area contributed by atoms with Gasteiger partial charge in [-0.2, -0.15) is 0 Å². The summed E-state index contributed by atoms with van der Waals surface area (Å²) >= 11 is 0. The lowest BCUT2D eigenvalue weighted by atomic mass is 9.72. The summed E-state index contributed by atoms with van der Waals surface area (Å²) in [6.45, 7) is 12.9.